The molecule has 0 radical (unpaired) electrons. The molecule has 2 N–H and O–H groups in total. The number of hydrogen-bond acceptors (Lipinski definition) is 5. The molecule has 134 valence electrons. The Hall–Kier alpha value is -3.19. The van der Waals surface area contributed by atoms with Crippen LogP contribution in [0, 0.1) is 0 Å². The Bertz CT molecular complexity index is 835. The summed E-state index contributed by atoms with van der Waals surface area (Å²) in [6, 6.07) is 13.0. The first-order chi connectivity index (χ1) is 12.5. The molecule has 0 unspecified atom stereocenters. The summed E-state index contributed by atoms with van der Waals surface area (Å²) in [5, 5.41) is 6.54. The number of rotatable bonds is 6. The van der Waals surface area contributed by atoms with Crippen molar-refractivity contribution in [3.8, 4) is 0 Å². The van der Waals surface area contributed by atoms with Crippen molar-refractivity contribution in [1.82, 2.24) is 10.7 Å². The van der Waals surface area contributed by atoms with E-state index in [0.29, 0.717) is 16.1 Å². The third-order valence-electron chi connectivity index (χ3n) is 3.26. The van der Waals surface area contributed by atoms with Crippen LogP contribution in [0.2, 0.25) is 5.02 Å². The second kappa shape index (κ2) is 9.33. The van der Waals surface area contributed by atoms with Crippen LogP contribution in [-0.2, 0) is 9.53 Å². The fraction of sp³-hybridized carbons (Fsp3) is 0.111. The van der Waals surface area contributed by atoms with Gasteiger partial charge in [0.15, 0.2) is 0 Å². The average molecular weight is 374 g/mol. The van der Waals surface area contributed by atoms with Gasteiger partial charge >= 0.3 is 5.97 Å². The average Bonchev–Trinajstić information content (AvgIpc) is 2.66. The predicted molar refractivity (Wildman–Crippen MR) is 97.3 cm³/mol. The third kappa shape index (κ3) is 5.42. The zero-order valence-electron chi connectivity index (χ0n) is 13.9. The quantitative estimate of drug-likeness (QED) is 0.460. The lowest BCUT2D eigenvalue weighted by atomic mass is 10.1. The fourth-order valence-electron chi connectivity index (χ4n) is 1.94. The number of carbonyl (C=O) groups is 3. The number of ether oxygens (including phenoxy) is 1. The maximum Gasteiger partial charge on any atom is 0.337 e. The monoisotopic (exact) mass is 373 g/mol. The molecule has 0 aliphatic heterocycles. The van der Waals surface area contributed by atoms with Gasteiger partial charge in [-0.05, 0) is 29.8 Å². The Labute approximate surface area is 155 Å². The summed E-state index contributed by atoms with van der Waals surface area (Å²) in [6.07, 6.45) is 1.41. The van der Waals surface area contributed by atoms with Gasteiger partial charge in [-0.25, -0.2) is 10.2 Å². The smallest absolute Gasteiger partial charge is 0.337 e. The summed E-state index contributed by atoms with van der Waals surface area (Å²) in [5.41, 5.74) is 3.67. The topological polar surface area (TPSA) is 96.9 Å². The van der Waals surface area contributed by atoms with E-state index in [4.69, 9.17) is 11.6 Å². The molecule has 2 rings (SSSR count). The fourth-order valence-corrected chi connectivity index (χ4v) is 2.16. The molecule has 0 aliphatic rings. The minimum Gasteiger partial charge on any atom is -0.465 e. The molecule has 2 aromatic carbocycles. The number of benzene rings is 2. The molecule has 26 heavy (non-hydrogen) atoms. The highest BCUT2D eigenvalue weighted by Crippen LogP contribution is 2.14. The van der Waals surface area contributed by atoms with Gasteiger partial charge in [-0.2, -0.15) is 5.10 Å². The van der Waals surface area contributed by atoms with Crippen LogP contribution in [-0.4, -0.2) is 37.7 Å². The van der Waals surface area contributed by atoms with Gasteiger partial charge in [-0.15, -0.1) is 0 Å². The molecule has 2 aromatic rings. The molecule has 0 atom stereocenters. The second-order valence-electron chi connectivity index (χ2n) is 5.07. The SMILES string of the molecule is COC(=O)c1ccc(/C=N\NC(=O)CNC(=O)c2ccccc2Cl)cc1. The summed E-state index contributed by atoms with van der Waals surface area (Å²) in [5.74, 6) is -1.38. The minimum atomic E-state index is -0.493. The molecule has 2 amide bonds. The van der Waals surface area contributed by atoms with E-state index in [1.54, 1.807) is 48.5 Å². The summed E-state index contributed by atoms with van der Waals surface area (Å²) >= 11 is 5.91. The van der Waals surface area contributed by atoms with Crippen molar-refractivity contribution < 1.29 is 19.1 Å². The first kappa shape index (κ1) is 19.1. The Morgan fingerprint density at radius 3 is 2.46 bits per heavy atom. The number of amides is 2. The van der Waals surface area contributed by atoms with Crippen molar-refractivity contribution in [3.63, 3.8) is 0 Å². The number of hydrazone groups is 1. The van der Waals surface area contributed by atoms with Crippen LogP contribution in [0.3, 0.4) is 0 Å². The van der Waals surface area contributed by atoms with E-state index in [1.807, 2.05) is 0 Å². The molecular formula is C18H16ClN3O4. The van der Waals surface area contributed by atoms with Gasteiger partial charge in [0, 0.05) is 0 Å². The van der Waals surface area contributed by atoms with Crippen molar-refractivity contribution in [2.75, 3.05) is 13.7 Å². The summed E-state index contributed by atoms with van der Waals surface area (Å²) in [4.78, 5) is 35.0. The molecule has 0 saturated carbocycles. The summed E-state index contributed by atoms with van der Waals surface area (Å²) in [7, 11) is 1.30. The number of hydrogen-bond donors (Lipinski definition) is 2. The Balaban J connectivity index is 1.81. The van der Waals surface area contributed by atoms with Gasteiger partial charge in [0.1, 0.15) is 0 Å². The van der Waals surface area contributed by atoms with Gasteiger partial charge in [-0.1, -0.05) is 35.9 Å². The molecule has 7 nitrogen and oxygen atoms in total. The first-order valence-corrected chi connectivity index (χ1v) is 7.92. The molecule has 0 aromatic heterocycles. The zero-order valence-corrected chi connectivity index (χ0v) is 14.6. The van der Waals surface area contributed by atoms with Crippen LogP contribution in [0.4, 0.5) is 0 Å². The normalized spacial score (nSPS) is 10.4. The molecule has 0 saturated heterocycles. The number of carbonyl (C=O) groups excluding carboxylic acids is 3. The van der Waals surface area contributed by atoms with Crippen LogP contribution >= 0.6 is 11.6 Å². The molecule has 0 aliphatic carbocycles. The Morgan fingerprint density at radius 1 is 1.12 bits per heavy atom. The molecule has 0 spiro atoms. The Kier molecular flexibility index (Phi) is 6.87. The van der Waals surface area contributed by atoms with E-state index < -0.39 is 17.8 Å². The molecule has 0 heterocycles. The second-order valence-corrected chi connectivity index (χ2v) is 5.48. The van der Waals surface area contributed by atoms with Gasteiger partial charge in [-0.3, -0.25) is 9.59 Å². The standard InChI is InChI=1S/C18H16ClN3O4/c1-26-18(25)13-8-6-12(7-9-13)10-21-22-16(23)11-20-17(24)14-4-2-3-5-15(14)19/h2-10H,11H2,1H3,(H,20,24)(H,22,23)/b21-10-. The molecule has 0 bridgehead atoms. The van der Waals surface area contributed by atoms with Gasteiger partial charge in [0.2, 0.25) is 0 Å². The van der Waals surface area contributed by atoms with Gasteiger partial charge in [0.05, 0.1) is 36.0 Å². The maximum absolute atomic E-state index is 11.9. The van der Waals surface area contributed by atoms with Crippen molar-refractivity contribution in [2.24, 2.45) is 5.10 Å². The van der Waals surface area contributed by atoms with Crippen LogP contribution in [0.5, 0.6) is 0 Å². The molecule has 8 heteroatoms. The van der Waals surface area contributed by atoms with Crippen molar-refractivity contribution in [1.29, 1.82) is 0 Å². The summed E-state index contributed by atoms with van der Waals surface area (Å²) < 4.78 is 4.60. The highest BCUT2D eigenvalue weighted by atomic mass is 35.5. The van der Waals surface area contributed by atoms with E-state index in [9.17, 15) is 14.4 Å². The summed E-state index contributed by atoms with van der Waals surface area (Å²) in [6.45, 7) is -0.247. The van der Waals surface area contributed by atoms with Crippen LogP contribution in [0.15, 0.2) is 53.6 Å². The minimum absolute atomic E-state index is 0.247. The number of nitrogens with one attached hydrogen (secondary N) is 2. The van der Waals surface area contributed by atoms with Gasteiger partial charge < -0.3 is 10.1 Å². The van der Waals surface area contributed by atoms with Crippen molar-refractivity contribution in [3.05, 3.63) is 70.2 Å². The van der Waals surface area contributed by atoms with E-state index in [2.05, 4.69) is 20.6 Å². The number of esters is 1. The number of halogens is 1. The zero-order chi connectivity index (χ0) is 18.9. The predicted octanol–water partition coefficient (Wildman–Crippen LogP) is 2.01. The van der Waals surface area contributed by atoms with E-state index in [0.717, 1.165) is 0 Å². The van der Waals surface area contributed by atoms with Crippen molar-refractivity contribution >= 4 is 35.6 Å². The first-order valence-electron chi connectivity index (χ1n) is 7.54. The number of methoxy groups -OCH3 is 1. The molecular weight excluding hydrogens is 358 g/mol. The van der Waals surface area contributed by atoms with E-state index in [-0.39, 0.29) is 12.1 Å². The maximum atomic E-state index is 11.9. The van der Waals surface area contributed by atoms with Crippen molar-refractivity contribution in [2.45, 2.75) is 0 Å². The Morgan fingerprint density at radius 2 is 1.81 bits per heavy atom. The highest BCUT2D eigenvalue weighted by molar-refractivity contribution is 6.33. The van der Waals surface area contributed by atoms with Crippen LogP contribution < -0.4 is 10.7 Å². The third-order valence-corrected chi connectivity index (χ3v) is 3.59. The van der Waals surface area contributed by atoms with Gasteiger partial charge in [0.25, 0.3) is 11.8 Å². The lowest BCUT2D eigenvalue weighted by molar-refractivity contribution is -0.120. The molecule has 0 fully saturated rings. The van der Waals surface area contributed by atoms with E-state index >= 15 is 0 Å². The van der Waals surface area contributed by atoms with Crippen LogP contribution in [0.1, 0.15) is 26.3 Å². The number of nitrogens with zero attached hydrogens (tertiary/aromatic N) is 1. The van der Waals surface area contributed by atoms with E-state index in [1.165, 1.54) is 13.3 Å². The van der Waals surface area contributed by atoms with Crippen LogP contribution in [0.25, 0.3) is 0 Å². The lowest BCUT2D eigenvalue weighted by Crippen LogP contribution is -2.35. The largest absolute Gasteiger partial charge is 0.465 e. The lowest BCUT2D eigenvalue weighted by Gasteiger charge is -2.05. The highest BCUT2D eigenvalue weighted by Gasteiger charge is 2.10.